The van der Waals surface area contributed by atoms with Crippen molar-refractivity contribution < 1.29 is 9.53 Å². The number of nitrogens with one attached hydrogen (secondary N) is 1. The first-order valence-electron chi connectivity index (χ1n) is 9.84. The van der Waals surface area contributed by atoms with Gasteiger partial charge < -0.3 is 20.7 Å². The third kappa shape index (κ3) is 5.03. The summed E-state index contributed by atoms with van der Waals surface area (Å²) < 4.78 is 5.25. The molecular formula is C23H28N4O2. The van der Waals surface area contributed by atoms with E-state index in [4.69, 9.17) is 10.5 Å². The molecule has 3 rings (SSSR count). The first kappa shape index (κ1) is 20.6. The van der Waals surface area contributed by atoms with Crippen LogP contribution in [0.1, 0.15) is 23.7 Å². The Kier molecular flexibility index (Phi) is 6.67. The molecule has 1 aromatic heterocycles. The van der Waals surface area contributed by atoms with E-state index in [2.05, 4.69) is 21.3 Å². The van der Waals surface area contributed by atoms with Crippen LogP contribution in [0.2, 0.25) is 0 Å². The van der Waals surface area contributed by atoms with Gasteiger partial charge in [-0.15, -0.1) is 0 Å². The zero-order valence-electron chi connectivity index (χ0n) is 17.2. The number of pyridine rings is 1. The number of ether oxygens (including phenoxy) is 1. The smallest absolute Gasteiger partial charge is 0.341 e. The van der Waals surface area contributed by atoms with Gasteiger partial charge in [0.1, 0.15) is 5.56 Å². The fourth-order valence-corrected chi connectivity index (χ4v) is 3.21. The van der Waals surface area contributed by atoms with Gasteiger partial charge >= 0.3 is 5.97 Å². The third-order valence-corrected chi connectivity index (χ3v) is 4.69. The molecule has 0 aliphatic carbocycles. The Bertz CT molecular complexity index is 984. The molecule has 0 amide bonds. The van der Waals surface area contributed by atoms with Gasteiger partial charge in [0.2, 0.25) is 0 Å². The lowest BCUT2D eigenvalue weighted by Gasteiger charge is -2.16. The van der Waals surface area contributed by atoms with Gasteiger partial charge in [-0.25, -0.2) is 4.79 Å². The van der Waals surface area contributed by atoms with Crippen molar-refractivity contribution in [3.63, 3.8) is 0 Å². The number of nitrogen functional groups attached to an aromatic ring is 1. The van der Waals surface area contributed by atoms with Gasteiger partial charge in [0, 0.05) is 23.8 Å². The van der Waals surface area contributed by atoms with E-state index in [1.165, 1.54) is 0 Å². The second kappa shape index (κ2) is 9.39. The van der Waals surface area contributed by atoms with Crippen molar-refractivity contribution >= 4 is 28.2 Å². The standard InChI is InChI=1S/C23H28N4O2/c1-4-29-23(28)20-15-26-21-11-8-17(16-6-9-18(24)10-7-16)14-19(21)22(20)25-12-5-13-27(2)3/h6-11,14-15H,4-5,12-13,24H2,1-3H3,(H,25,26). The number of nitrogens with two attached hydrogens (primary N) is 1. The highest BCUT2D eigenvalue weighted by atomic mass is 16.5. The Morgan fingerprint density at radius 3 is 2.55 bits per heavy atom. The second-order valence-corrected chi connectivity index (χ2v) is 7.20. The van der Waals surface area contributed by atoms with Crippen molar-refractivity contribution in [3.8, 4) is 11.1 Å². The molecule has 0 saturated carbocycles. The van der Waals surface area contributed by atoms with E-state index in [9.17, 15) is 4.79 Å². The second-order valence-electron chi connectivity index (χ2n) is 7.20. The lowest BCUT2D eigenvalue weighted by atomic mass is 10.0. The van der Waals surface area contributed by atoms with E-state index in [-0.39, 0.29) is 5.97 Å². The first-order chi connectivity index (χ1) is 14.0. The molecule has 0 radical (unpaired) electrons. The van der Waals surface area contributed by atoms with Crippen molar-refractivity contribution in [1.82, 2.24) is 9.88 Å². The molecule has 0 unspecified atom stereocenters. The number of fused-ring (bicyclic) bond motifs is 1. The van der Waals surface area contributed by atoms with E-state index in [0.29, 0.717) is 12.2 Å². The summed E-state index contributed by atoms with van der Waals surface area (Å²) in [5.41, 5.74) is 10.7. The molecule has 2 aromatic carbocycles. The summed E-state index contributed by atoms with van der Waals surface area (Å²) in [6, 6.07) is 13.8. The third-order valence-electron chi connectivity index (χ3n) is 4.69. The van der Waals surface area contributed by atoms with Crippen LogP contribution >= 0.6 is 0 Å². The Balaban J connectivity index is 2.03. The molecule has 3 N–H and O–H groups in total. The van der Waals surface area contributed by atoms with E-state index in [1.54, 1.807) is 13.1 Å². The average Bonchev–Trinajstić information content (AvgIpc) is 2.71. The quantitative estimate of drug-likeness (QED) is 0.342. The number of nitrogens with zero attached hydrogens (tertiary/aromatic N) is 2. The lowest BCUT2D eigenvalue weighted by molar-refractivity contribution is 0.0527. The topological polar surface area (TPSA) is 80.5 Å². The van der Waals surface area contributed by atoms with Crippen LogP contribution in [0.4, 0.5) is 11.4 Å². The SMILES string of the molecule is CCOC(=O)c1cnc2ccc(-c3ccc(N)cc3)cc2c1NCCCN(C)C. The highest BCUT2D eigenvalue weighted by Crippen LogP contribution is 2.31. The van der Waals surface area contributed by atoms with Gasteiger partial charge in [-0.3, -0.25) is 4.98 Å². The summed E-state index contributed by atoms with van der Waals surface area (Å²) in [7, 11) is 4.09. The molecule has 0 aliphatic heterocycles. The van der Waals surface area contributed by atoms with Gasteiger partial charge in [0.15, 0.2) is 0 Å². The summed E-state index contributed by atoms with van der Waals surface area (Å²) in [6.07, 6.45) is 2.55. The van der Waals surface area contributed by atoms with Crippen molar-refractivity contribution in [2.45, 2.75) is 13.3 Å². The minimum atomic E-state index is -0.366. The van der Waals surface area contributed by atoms with Crippen LogP contribution in [-0.2, 0) is 4.74 Å². The summed E-state index contributed by atoms with van der Waals surface area (Å²) in [5, 5.41) is 4.35. The van der Waals surface area contributed by atoms with E-state index < -0.39 is 0 Å². The number of hydrogen-bond acceptors (Lipinski definition) is 6. The number of carbonyl (C=O) groups is 1. The van der Waals surface area contributed by atoms with Crippen LogP contribution in [0.5, 0.6) is 0 Å². The van der Waals surface area contributed by atoms with Gasteiger partial charge in [0.25, 0.3) is 0 Å². The molecule has 0 bridgehead atoms. The summed E-state index contributed by atoms with van der Waals surface area (Å²) in [5.74, 6) is -0.366. The maximum atomic E-state index is 12.5. The molecule has 29 heavy (non-hydrogen) atoms. The van der Waals surface area contributed by atoms with Gasteiger partial charge in [-0.05, 0) is 69.4 Å². The normalized spacial score (nSPS) is 11.0. The number of hydrogen-bond donors (Lipinski definition) is 2. The minimum Gasteiger partial charge on any atom is -0.462 e. The minimum absolute atomic E-state index is 0.322. The predicted molar refractivity (Wildman–Crippen MR) is 119 cm³/mol. The molecule has 0 aliphatic rings. The molecular weight excluding hydrogens is 364 g/mol. The van der Waals surface area contributed by atoms with Crippen LogP contribution in [-0.4, -0.2) is 49.6 Å². The Morgan fingerprint density at radius 2 is 1.86 bits per heavy atom. The van der Waals surface area contributed by atoms with Crippen LogP contribution in [0.25, 0.3) is 22.0 Å². The number of esters is 1. The Morgan fingerprint density at radius 1 is 1.14 bits per heavy atom. The average molecular weight is 393 g/mol. The highest BCUT2D eigenvalue weighted by molar-refractivity contribution is 6.05. The molecule has 0 fully saturated rings. The van der Waals surface area contributed by atoms with E-state index in [1.807, 2.05) is 50.5 Å². The predicted octanol–water partition coefficient (Wildman–Crippen LogP) is 4.02. The maximum absolute atomic E-state index is 12.5. The Hall–Kier alpha value is -3.12. The highest BCUT2D eigenvalue weighted by Gasteiger charge is 2.17. The molecule has 152 valence electrons. The van der Waals surface area contributed by atoms with Crippen molar-refractivity contribution in [3.05, 3.63) is 54.2 Å². The van der Waals surface area contributed by atoms with Crippen molar-refractivity contribution in [1.29, 1.82) is 0 Å². The fourth-order valence-electron chi connectivity index (χ4n) is 3.21. The number of benzene rings is 2. The summed E-state index contributed by atoms with van der Waals surface area (Å²) >= 11 is 0. The first-order valence-corrected chi connectivity index (χ1v) is 9.84. The zero-order valence-corrected chi connectivity index (χ0v) is 17.2. The molecule has 3 aromatic rings. The van der Waals surface area contributed by atoms with Crippen LogP contribution in [0.3, 0.4) is 0 Å². The Labute approximate surface area is 171 Å². The van der Waals surface area contributed by atoms with Crippen LogP contribution < -0.4 is 11.1 Å². The van der Waals surface area contributed by atoms with Crippen LogP contribution in [0, 0.1) is 0 Å². The van der Waals surface area contributed by atoms with Crippen LogP contribution in [0.15, 0.2) is 48.7 Å². The molecule has 0 atom stereocenters. The largest absolute Gasteiger partial charge is 0.462 e. The molecule has 1 heterocycles. The molecule has 6 heteroatoms. The van der Waals surface area contributed by atoms with Crippen molar-refractivity contribution in [2.24, 2.45) is 0 Å². The number of rotatable bonds is 8. The van der Waals surface area contributed by atoms with E-state index in [0.717, 1.165) is 52.9 Å². The zero-order chi connectivity index (χ0) is 20.8. The lowest BCUT2D eigenvalue weighted by Crippen LogP contribution is -2.17. The molecule has 0 saturated heterocycles. The maximum Gasteiger partial charge on any atom is 0.341 e. The fraction of sp³-hybridized carbons (Fsp3) is 0.304. The number of aromatic nitrogens is 1. The molecule has 6 nitrogen and oxygen atoms in total. The number of carbonyl (C=O) groups excluding carboxylic acids is 1. The monoisotopic (exact) mass is 392 g/mol. The summed E-state index contributed by atoms with van der Waals surface area (Å²) in [6.45, 7) is 3.83. The number of anilines is 2. The summed E-state index contributed by atoms with van der Waals surface area (Å²) in [4.78, 5) is 19.1. The van der Waals surface area contributed by atoms with Gasteiger partial charge in [-0.2, -0.15) is 0 Å². The van der Waals surface area contributed by atoms with E-state index >= 15 is 0 Å². The van der Waals surface area contributed by atoms with Crippen molar-refractivity contribution in [2.75, 3.05) is 44.8 Å². The molecule has 0 spiro atoms. The van der Waals surface area contributed by atoms with Gasteiger partial charge in [-0.1, -0.05) is 18.2 Å². The van der Waals surface area contributed by atoms with Gasteiger partial charge in [0.05, 0.1) is 17.8 Å².